The number of aryl methyl sites for hydroxylation is 1. The number of ketones is 1. The van der Waals surface area contributed by atoms with Crippen LogP contribution >= 0.6 is 11.3 Å². The van der Waals surface area contributed by atoms with Crippen LogP contribution in [0.5, 0.6) is 5.75 Å². The van der Waals surface area contributed by atoms with Crippen LogP contribution in [0, 0.1) is 6.92 Å². The SMILES string of the molecule is COC(=O)c1sc(N2C(=O)C(O)=C(C(=O)C=Cc3ccccc3)C2c2cccc(OC)c2)nc1C. The molecule has 2 aromatic carbocycles. The van der Waals surface area contributed by atoms with E-state index >= 15 is 0 Å². The lowest BCUT2D eigenvalue weighted by Crippen LogP contribution is -2.30. The van der Waals surface area contributed by atoms with Crippen LogP contribution in [0.3, 0.4) is 0 Å². The number of anilines is 1. The standard InChI is InChI=1S/C26H22N2O6S/c1-15-23(25(32)34-3)35-26(27-15)28-21(17-10-7-11-18(14-17)33-2)20(22(30)24(28)31)19(29)13-12-16-8-5-4-6-9-16/h4-14,21,30H,1-3H3. The van der Waals surface area contributed by atoms with Crippen molar-refractivity contribution in [1.29, 1.82) is 0 Å². The zero-order valence-electron chi connectivity index (χ0n) is 19.2. The number of aromatic nitrogens is 1. The first kappa shape index (κ1) is 23.9. The lowest BCUT2D eigenvalue weighted by Gasteiger charge is -2.24. The highest BCUT2D eigenvalue weighted by atomic mass is 32.1. The number of esters is 1. The Morgan fingerprint density at radius 3 is 2.54 bits per heavy atom. The lowest BCUT2D eigenvalue weighted by atomic mass is 9.95. The number of nitrogens with zero attached hydrogens (tertiary/aromatic N) is 2. The number of aliphatic hydroxyl groups excluding tert-OH is 1. The van der Waals surface area contributed by atoms with Crippen LogP contribution in [-0.4, -0.2) is 42.0 Å². The number of rotatable bonds is 7. The molecule has 0 fully saturated rings. The van der Waals surface area contributed by atoms with E-state index in [0.29, 0.717) is 17.0 Å². The number of benzene rings is 2. The van der Waals surface area contributed by atoms with Gasteiger partial charge in [0.25, 0.3) is 5.91 Å². The normalized spacial score (nSPS) is 15.7. The Morgan fingerprint density at radius 2 is 1.86 bits per heavy atom. The van der Waals surface area contributed by atoms with Crippen LogP contribution in [0.4, 0.5) is 5.13 Å². The zero-order valence-corrected chi connectivity index (χ0v) is 20.0. The van der Waals surface area contributed by atoms with Crippen LogP contribution in [-0.2, 0) is 14.3 Å². The van der Waals surface area contributed by atoms with Gasteiger partial charge in [-0.1, -0.05) is 59.9 Å². The van der Waals surface area contributed by atoms with Crippen LogP contribution in [0.1, 0.15) is 32.5 Å². The molecule has 178 valence electrons. The summed E-state index contributed by atoms with van der Waals surface area (Å²) in [6.45, 7) is 1.62. The van der Waals surface area contributed by atoms with Gasteiger partial charge in [0.15, 0.2) is 16.7 Å². The van der Waals surface area contributed by atoms with Gasteiger partial charge in [-0.05, 0) is 36.3 Å². The maximum atomic E-state index is 13.3. The molecule has 9 heteroatoms. The van der Waals surface area contributed by atoms with Crippen LogP contribution < -0.4 is 9.64 Å². The summed E-state index contributed by atoms with van der Waals surface area (Å²) in [4.78, 5) is 44.5. The Kier molecular flexibility index (Phi) is 6.79. The third-order valence-corrected chi connectivity index (χ3v) is 6.61. The van der Waals surface area contributed by atoms with Gasteiger partial charge in [-0.2, -0.15) is 0 Å². The first-order valence-corrected chi connectivity index (χ1v) is 11.4. The van der Waals surface area contributed by atoms with E-state index in [4.69, 9.17) is 9.47 Å². The molecular weight excluding hydrogens is 468 g/mol. The average Bonchev–Trinajstić information content (AvgIpc) is 3.39. The second-order valence-corrected chi connectivity index (χ2v) is 8.60. The molecule has 1 amide bonds. The second-order valence-electron chi connectivity index (χ2n) is 7.63. The Labute approximate surface area is 205 Å². The number of carbonyl (C=O) groups excluding carboxylic acids is 3. The van der Waals surface area contributed by atoms with Crippen molar-refractivity contribution in [1.82, 2.24) is 4.98 Å². The lowest BCUT2D eigenvalue weighted by molar-refractivity contribution is -0.117. The summed E-state index contributed by atoms with van der Waals surface area (Å²) in [6, 6.07) is 15.1. The van der Waals surface area contributed by atoms with Crippen molar-refractivity contribution < 1.29 is 29.0 Å². The predicted octanol–water partition coefficient (Wildman–Crippen LogP) is 4.43. The fourth-order valence-electron chi connectivity index (χ4n) is 3.77. The van der Waals surface area contributed by atoms with E-state index in [0.717, 1.165) is 16.9 Å². The van der Waals surface area contributed by atoms with Gasteiger partial charge in [0.1, 0.15) is 10.6 Å². The molecule has 0 saturated heterocycles. The second kappa shape index (κ2) is 9.94. The first-order valence-electron chi connectivity index (χ1n) is 10.6. The van der Waals surface area contributed by atoms with E-state index in [1.807, 2.05) is 30.3 Å². The zero-order chi connectivity index (χ0) is 25.1. The number of carbonyl (C=O) groups is 3. The van der Waals surface area contributed by atoms with Crippen molar-refractivity contribution >= 4 is 40.2 Å². The van der Waals surface area contributed by atoms with E-state index < -0.39 is 29.5 Å². The molecule has 0 bridgehead atoms. The Bertz CT molecular complexity index is 1360. The molecule has 0 radical (unpaired) electrons. The number of methoxy groups -OCH3 is 2. The number of hydrogen-bond acceptors (Lipinski definition) is 8. The van der Waals surface area contributed by atoms with Gasteiger partial charge in [-0.15, -0.1) is 0 Å². The van der Waals surface area contributed by atoms with E-state index in [9.17, 15) is 19.5 Å². The quantitative estimate of drug-likeness (QED) is 0.386. The number of aliphatic hydroxyl groups is 1. The molecule has 1 unspecified atom stereocenters. The van der Waals surface area contributed by atoms with Crippen LogP contribution in [0.2, 0.25) is 0 Å². The molecule has 8 nitrogen and oxygen atoms in total. The van der Waals surface area contributed by atoms with Gasteiger partial charge in [0.2, 0.25) is 0 Å². The maximum Gasteiger partial charge on any atom is 0.350 e. The Hall–Kier alpha value is -4.24. The van der Waals surface area contributed by atoms with Crippen molar-refractivity contribution in [2.24, 2.45) is 0 Å². The van der Waals surface area contributed by atoms with Gasteiger partial charge < -0.3 is 14.6 Å². The summed E-state index contributed by atoms with van der Waals surface area (Å²) in [7, 11) is 2.76. The van der Waals surface area contributed by atoms with Crippen LogP contribution in [0.25, 0.3) is 6.08 Å². The molecule has 0 spiro atoms. The molecule has 0 saturated carbocycles. The Balaban J connectivity index is 1.82. The minimum absolute atomic E-state index is 0.0945. The average molecular weight is 491 g/mol. The number of amides is 1. The molecule has 4 rings (SSSR count). The highest BCUT2D eigenvalue weighted by molar-refractivity contribution is 7.17. The highest BCUT2D eigenvalue weighted by Gasteiger charge is 2.45. The molecule has 2 heterocycles. The molecule has 1 N–H and O–H groups in total. The van der Waals surface area contributed by atoms with E-state index in [1.54, 1.807) is 37.3 Å². The van der Waals surface area contributed by atoms with Crippen molar-refractivity contribution in [2.75, 3.05) is 19.1 Å². The molecule has 1 aromatic heterocycles. The summed E-state index contributed by atoms with van der Waals surface area (Å²) in [6.07, 6.45) is 2.93. The molecule has 3 aromatic rings. The van der Waals surface area contributed by atoms with E-state index in [1.165, 1.54) is 25.2 Å². The predicted molar refractivity (Wildman–Crippen MR) is 132 cm³/mol. The van der Waals surface area contributed by atoms with E-state index in [2.05, 4.69) is 4.98 Å². The van der Waals surface area contributed by atoms with Gasteiger partial charge in [-0.3, -0.25) is 14.5 Å². The third-order valence-electron chi connectivity index (χ3n) is 5.47. The van der Waals surface area contributed by atoms with Gasteiger partial charge in [0.05, 0.1) is 31.5 Å². The minimum Gasteiger partial charge on any atom is -0.503 e. The third kappa shape index (κ3) is 4.58. The molecule has 1 aliphatic heterocycles. The fraction of sp³-hybridized carbons (Fsp3) is 0.154. The Morgan fingerprint density at radius 1 is 1.11 bits per heavy atom. The van der Waals surface area contributed by atoms with E-state index in [-0.39, 0.29) is 15.6 Å². The minimum atomic E-state index is -0.985. The number of allylic oxidation sites excluding steroid dienone is 1. The van der Waals surface area contributed by atoms with Crippen molar-refractivity contribution in [3.05, 3.63) is 93.7 Å². The first-order chi connectivity index (χ1) is 16.8. The van der Waals surface area contributed by atoms with Crippen molar-refractivity contribution in [3.63, 3.8) is 0 Å². The van der Waals surface area contributed by atoms with Gasteiger partial charge >= 0.3 is 5.97 Å². The number of thiazole rings is 1. The van der Waals surface area contributed by atoms with Crippen molar-refractivity contribution in [2.45, 2.75) is 13.0 Å². The van der Waals surface area contributed by atoms with Gasteiger partial charge in [-0.25, -0.2) is 9.78 Å². The summed E-state index contributed by atoms with van der Waals surface area (Å²) >= 11 is 0.949. The summed E-state index contributed by atoms with van der Waals surface area (Å²) in [5, 5.41) is 11.0. The molecular formula is C26H22N2O6S. The number of hydrogen-bond donors (Lipinski definition) is 1. The molecule has 1 atom stereocenters. The molecule has 35 heavy (non-hydrogen) atoms. The molecule has 0 aliphatic carbocycles. The van der Waals surface area contributed by atoms with Crippen molar-refractivity contribution in [3.8, 4) is 5.75 Å². The highest BCUT2D eigenvalue weighted by Crippen LogP contribution is 2.43. The van der Waals surface area contributed by atoms with Crippen LogP contribution in [0.15, 0.2) is 72.0 Å². The smallest absolute Gasteiger partial charge is 0.350 e. The maximum absolute atomic E-state index is 13.3. The summed E-state index contributed by atoms with van der Waals surface area (Å²) in [5.74, 6) is -2.07. The fourth-order valence-corrected chi connectivity index (χ4v) is 4.79. The summed E-state index contributed by atoms with van der Waals surface area (Å²) < 4.78 is 10.1. The topological polar surface area (TPSA) is 106 Å². The number of ether oxygens (including phenoxy) is 2. The molecule has 1 aliphatic rings. The van der Waals surface area contributed by atoms with Gasteiger partial charge in [0, 0.05) is 0 Å². The largest absolute Gasteiger partial charge is 0.503 e. The monoisotopic (exact) mass is 490 g/mol. The summed E-state index contributed by atoms with van der Waals surface area (Å²) in [5.41, 5.74) is 1.60.